The molecule has 2 aromatic rings. The topological polar surface area (TPSA) is 95.5 Å². The van der Waals surface area contributed by atoms with Crippen LogP contribution in [0.3, 0.4) is 0 Å². The molecule has 1 amide bonds. The molecule has 0 bridgehead atoms. The Morgan fingerprint density at radius 3 is 2.40 bits per heavy atom. The molecular formula is C17H19ClN2O4S. The number of aliphatic hydroxyl groups excluding tert-OH is 1. The van der Waals surface area contributed by atoms with Gasteiger partial charge in [0, 0.05) is 22.8 Å². The SMILES string of the molecule is Cc1ccc(NC(=O)c2ccc(S(=O)(=O)NCC(C)O)cc2)cc1Cl. The molecule has 2 rings (SSSR count). The van der Waals surface area contributed by atoms with Crippen LogP contribution in [0.2, 0.25) is 5.02 Å². The Morgan fingerprint density at radius 1 is 1.20 bits per heavy atom. The molecule has 0 aromatic heterocycles. The van der Waals surface area contributed by atoms with Crippen molar-refractivity contribution in [2.75, 3.05) is 11.9 Å². The van der Waals surface area contributed by atoms with Gasteiger partial charge < -0.3 is 10.4 Å². The van der Waals surface area contributed by atoms with Crippen molar-refractivity contribution in [1.29, 1.82) is 0 Å². The summed E-state index contributed by atoms with van der Waals surface area (Å²) in [5.41, 5.74) is 1.76. The minimum absolute atomic E-state index is 0.0167. The number of carbonyl (C=O) groups is 1. The van der Waals surface area contributed by atoms with Gasteiger partial charge in [0.05, 0.1) is 11.0 Å². The first-order valence-corrected chi connectivity index (χ1v) is 9.40. The predicted molar refractivity (Wildman–Crippen MR) is 97.5 cm³/mol. The van der Waals surface area contributed by atoms with E-state index >= 15 is 0 Å². The molecule has 0 fully saturated rings. The van der Waals surface area contributed by atoms with Crippen LogP contribution in [0.4, 0.5) is 5.69 Å². The molecule has 8 heteroatoms. The monoisotopic (exact) mass is 382 g/mol. The van der Waals surface area contributed by atoms with E-state index in [4.69, 9.17) is 16.7 Å². The lowest BCUT2D eigenvalue weighted by Gasteiger charge is -2.10. The van der Waals surface area contributed by atoms with Gasteiger partial charge in [-0.25, -0.2) is 13.1 Å². The molecule has 0 aliphatic rings. The average Bonchev–Trinajstić information content (AvgIpc) is 2.56. The number of hydrogen-bond donors (Lipinski definition) is 3. The molecule has 3 N–H and O–H groups in total. The van der Waals surface area contributed by atoms with Crippen LogP contribution >= 0.6 is 11.6 Å². The van der Waals surface area contributed by atoms with E-state index in [0.29, 0.717) is 16.3 Å². The van der Waals surface area contributed by atoms with Crippen molar-refractivity contribution in [2.45, 2.75) is 24.8 Å². The Hall–Kier alpha value is -1.93. The highest BCUT2D eigenvalue weighted by Crippen LogP contribution is 2.20. The molecule has 6 nitrogen and oxygen atoms in total. The molecule has 1 unspecified atom stereocenters. The van der Waals surface area contributed by atoms with Crippen LogP contribution in [-0.4, -0.2) is 32.1 Å². The Balaban J connectivity index is 2.10. The van der Waals surface area contributed by atoms with Gasteiger partial charge >= 0.3 is 0 Å². The number of hydrogen-bond acceptors (Lipinski definition) is 4. The fourth-order valence-electron chi connectivity index (χ4n) is 1.97. The first kappa shape index (κ1) is 19.4. The highest BCUT2D eigenvalue weighted by atomic mass is 35.5. The standard InChI is InChI=1S/C17H19ClN2O4S/c1-11-3-6-14(9-16(11)18)20-17(22)13-4-7-15(8-5-13)25(23,24)19-10-12(2)21/h3-9,12,19,21H,10H2,1-2H3,(H,20,22). The van der Waals surface area contributed by atoms with E-state index in [1.807, 2.05) is 6.92 Å². The number of halogens is 1. The number of amides is 1. The Morgan fingerprint density at radius 2 is 1.84 bits per heavy atom. The van der Waals surface area contributed by atoms with Gasteiger partial charge in [-0.1, -0.05) is 17.7 Å². The third-order valence-corrected chi connectivity index (χ3v) is 5.27. The zero-order valence-corrected chi connectivity index (χ0v) is 15.4. The van der Waals surface area contributed by atoms with Crippen molar-refractivity contribution in [3.05, 3.63) is 58.6 Å². The summed E-state index contributed by atoms with van der Waals surface area (Å²) >= 11 is 6.02. The second-order valence-electron chi connectivity index (χ2n) is 5.64. The summed E-state index contributed by atoms with van der Waals surface area (Å²) in [6.45, 7) is 3.25. The lowest BCUT2D eigenvalue weighted by molar-refractivity contribution is 0.102. The zero-order valence-electron chi connectivity index (χ0n) is 13.8. The molecule has 0 aliphatic heterocycles. The third-order valence-electron chi connectivity index (χ3n) is 3.43. The summed E-state index contributed by atoms with van der Waals surface area (Å²) in [6, 6.07) is 10.7. The van der Waals surface area contributed by atoms with Crippen molar-refractivity contribution >= 4 is 33.2 Å². The first-order valence-electron chi connectivity index (χ1n) is 7.54. The van der Waals surface area contributed by atoms with Crippen molar-refractivity contribution in [3.8, 4) is 0 Å². The Kier molecular flexibility index (Phi) is 6.18. The van der Waals surface area contributed by atoms with E-state index in [1.54, 1.807) is 18.2 Å². The van der Waals surface area contributed by atoms with Gasteiger partial charge in [0.1, 0.15) is 0 Å². The molecule has 1 atom stereocenters. The van der Waals surface area contributed by atoms with Crippen LogP contribution < -0.4 is 10.0 Å². The van der Waals surface area contributed by atoms with E-state index in [1.165, 1.54) is 31.2 Å². The second kappa shape index (κ2) is 7.97. The van der Waals surface area contributed by atoms with E-state index in [0.717, 1.165) is 5.56 Å². The van der Waals surface area contributed by atoms with Crippen molar-refractivity contribution in [3.63, 3.8) is 0 Å². The largest absolute Gasteiger partial charge is 0.392 e. The van der Waals surface area contributed by atoms with Crippen molar-refractivity contribution < 1.29 is 18.3 Å². The summed E-state index contributed by atoms with van der Waals surface area (Å²) in [6.07, 6.45) is -0.791. The van der Waals surface area contributed by atoms with Crippen LogP contribution in [0.15, 0.2) is 47.4 Å². The average molecular weight is 383 g/mol. The van der Waals surface area contributed by atoms with Gasteiger partial charge in [0.2, 0.25) is 10.0 Å². The van der Waals surface area contributed by atoms with E-state index in [-0.39, 0.29) is 17.3 Å². The number of nitrogens with one attached hydrogen (secondary N) is 2. The summed E-state index contributed by atoms with van der Waals surface area (Å²) in [5, 5.41) is 12.4. The van der Waals surface area contributed by atoms with Gasteiger partial charge in [0.25, 0.3) is 5.91 Å². The van der Waals surface area contributed by atoms with Crippen molar-refractivity contribution in [2.24, 2.45) is 0 Å². The maximum Gasteiger partial charge on any atom is 0.255 e. The number of benzene rings is 2. The molecule has 0 aliphatic carbocycles. The molecule has 0 spiro atoms. The second-order valence-corrected chi connectivity index (χ2v) is 7.82. The van der Waals surface area contributed by atoms with Gasteiger partial charge in [-0.2, -0.15) is 0 Å². The summed E-state index contributed by atoms with van der Waals surface area (Å²) in [4.78, 5) is 12.3. The Bertz CT molecular complexity index is 865. The number of rotatable bonds is 6. The summed E-state index contributed by atoms with van der Waals surface area (Å²) in [7, 11) is -3.73. The zero-order chi connectivity index (χ0) is 18.6. The van der Waals surface area contributed by atoms with Crippen LogP contribution in [0.5, 0.6) is 0 Å². The third kappa shape index (κ3) is 5.27. The molecule has 0 heterocycles. The van der Waals surface area contributed by atoms with Gasteiger partial charge in [-0.3, -0.25) is 4.79 Å². The molecule has 0 saturated carbocycles. The van der Waals surface area contributed by atoms with Crippen molar-refractivity contribution in [1.82, 2.24) is 4.72 Å². The van der Waals surface area contributed by atoms with Gasteiger partial charge in [0.15, 0.2) is 0 Å². The summed E-state index contributed by atoms with van der Waals surface area (Å²) < 4.78 is 26.4. The van der Waals surface area contributed by atoms with Gasteiger partial charge in [-0.15, -0.1) is 0 Å². The van der Waals surface area contributed by atoms with Crippen LogP contribution in [0, 0.1) is 6.92 Å². The number of aryl methyl sites for hydroxylation is 1. The molecule has 25 heavy (non-hydrogen) atoms. The lowest BCUT2D eigenvalue weighted by Crippen LogP contribution is -2.30. The minimum Gasteiger partial charge on any atom is -0.392 e. The molecule has 0 saturated heterocycles. The molecule has 2 aromatic carbocycles. The van der Waals surface area contributed by atoms with Gasteiger partial charge in [-0.05, 0) is 55.8 Å². The summed E-state index contributed by atoms with van der Waals surface area (Å²) in [5.74, 6) is -0.374. The quantitative estimate of drug-likeness (QED) is 0.715. The highest BCUT2D eigenvalue weighted by Gasteiger charge is 2.15. The minimum atomic E-state index is -3.73. The highest BCUT2D eigenvalue weighted by molar-refractivity contribution is 7.89. The first-order chi connectivity index (χ1) is 11.7. The number of aliphatic hydroxyl groups is 1. The molecular weight excluding hydrogens is 364 g/mol. The molecule has 0 radical (unpaired) electrons. The maximum atomic E-state index is 12.2. The lowest BCUT2D eigenvalue weighted by atomic mass is 10.2. The number of anilines is 1. The van der Waals surface area contributed by atoms with E-state index in [2.05, 4.69) is 10.0 Å². The van der Waals surface area contributed by atoms with Crippen LogP contribution in [0.25, 0.3) is 0 Å². The smallest absolute Gasteiger partial charge is 0.255 e. The van der Waals surface area contributed by atoms with Crippen LogP contribution in [0.1, 0.15) is 22.8 Å². The number of carbonyl (C=O) groups excluding carboxylic acids is 1. The van der Waals surface area contributed by atoms with Crippen LogP contribution in [-0.2, 0) is 10.0 Å². The van der Waals surface area contributed by atoms with E-state index in [9.17, 15) is 13.2 Å². The predicted octanol–water partition coefficient (Wildman–Crippen LogP) is 2.56. The van der Waals surface area contributed by atoms with E-state index < -0.39 is 16.1 Å². The maximum absolute atomic E-state index is 12.2. The Labute approximate surface area is 151 Å². The number of sulfonamides is 1. The molecule has 134 valence electrons. The fraction of sp³-hybridized carbons (Fsp3) is 0.235. The fourth-order valence-corrected chi connectivity index (χ4v) is 3.28. The normalized spacial score (nSPS) is 12.6.